The molecule has 1 atom stereocenters. The van der Waals surface area contributed by atoms with E-state index in [1.54, 1.807) is 42.9 Å². The molecule has 11 heteroatoms. The van der Waals surface area contributed by atoms with Gasteiger partial charge in [-0.05, 0) is 38.0 Å². The van der Waals surface area contributed by atoms with E-state index in [0.29, 0.717) is 30.8 Å². The quantitative estimate of drug-likeness (QED) is 0.666. The second kappa shape index (κ2) is 8.21. The molecule has 3 aromatic rings. The molecule has 1 N–H and O–H groups in total. The number of hydrogen-bond acceptors (Lipinski definition) is 3. The molecule has 1 aromatic carbocycles. The lowest BCUT2D eigenvalue weighted by Crippen LogP contribution is -2.44. The number of likely N-dealkylation sites (tertiary alicyclic amines) is 1. The van der Waals surface area contributed by atoms with Crippen LogP contribution in [0.4, 0.5) is 23.7 Å². The summed E-state index contributed by atoms with van der Waals surface area (Å²) in [5, 5.41) is 6.51. The molecule has 1 fully saturated rings. The van der Waals surface area contributed by atoms with Crippen LogP contribution in [0.3, 0.4) is 0 Å². The molecule has 1 aliphatic heterocycles. The molecule has 1 aliphatic rings. The van der Waals surface area contributed by atoms with Gasteiger partial charge in [-0.15, -0.1) is 0 Å². The van der Waals surface area contributed by atoms with Crippen molar-refractivity contribution in [1.82, 2.24) is 24.0 Å². The van der Waals surface area contributed by atoms with Crippen molar-refractivity contribution in [3.8, 4) is 5.69 Å². The molecule has 4 rings (SSSR count). The largest absolute Gasteiger partial charge is 0.433 e. The minimum Gasteiger partial charge on any atom is -0.322 e. The fourth-order valence-corrected chi connectivity index (χ4v) is 4.07. The third kappa shape index (κ3) is 3.90. The Morgan fingerprint density at radius 2 is 1.91 bits per heavy atom. The van der Waals surface area contributed by atoms with E-state index in [4.69, 9.17) is 0 Å². The molecular weight excluding hydrogens is 425 g/mol. The molecule has 1 saturated heterocycles. The number of benzene rings is 1. The van der Waals surface area contributed by atoms with Gasteiger partial charge in [0.1, 0.15) is 11.4 Å². The number of alkyl halides is 3. The molecule has 0 radical (unpaired) electrons. The number of aromatic nitrogens is 4. The lowest BCUT2D eigenvalue weighted by Gasteiger charge is -2.33. The minimum atomic E-state index is -4.52. The summed E-state index contributed by atoms with van der Waals surface area (Å²) >= 11 is 0. The first-order valence-corrected chi connectivity index (χ1v) is 10.2. The predicted molar refractivity (Wildman–Crippen MR) is 112 cm³/mol. The smallest absolute Gasteiger partial charge is 0.322 e. The molecule has 0 aliphatic carbocycles. The van der Waals surface area contributed by atoms with Gasteiger partial charge >= 0.3 is 12.2 Å². The summed E-state index contributed by atoms with van der Waals surface area (Å²) in [7, 11) is 1.71. The first kappa shape index (κ1) is 21.7. The van der Waals surface area contributed by atoms with Gasteiger partial charge in [0.25, 0.3) is 5.56 Å². The fourth-order valence-electron chi connectivity index (χ4n) is 4.07. The second-order valence-electron chi connectivity index (χ2n) is 7.77. The highest BCUT2D eigenvalue weighted by atomic mass is 19.4. The lowest BCUT2D eigenvalue weighted by atomic mass is 10.1. The standard InChI is InChI=1S/C21H23F3N6O2/c1-14-18(19(31)30(27(14)2)15-7-4-3-5-8-15)26-20(32)28-12-6-9-16(13-28)29-17(10-11-25-29)21(22,23)24/h3-5,7-8,10-11,16H,6,9,12-13H2,1-2H3,(H,26,32). The van der Waals surface area contributed by atoms with Crippen molar-refractivity contribution >= 4 is 11.7 Å². The zero-order valence-corrected chi connectivity index (χ0v) is 17.6. The van der Waals surface area contributed by atoms with E-state index < -0.39 is 23.9 Å². The number of carbonyl (C=O) groups is 1. The van der Waals surface area contributed by atoms with E-state index >= 15 is 0 Å². The van der Waals surface area contributed by atoms with E-state index in [2.05, 4.69) is 10.4 Å². The Labute approximate surface area is 181 Å². The molecule has 0 bridgehead atoms. The predicted octanol–water partition coefficient (Wildman–Crippen LogP) is 3.57. The maximum Gasteiger partial charge on any atom is 0.433 e. The van der Waals surface area contributed by atoms with Crippen molar-refractivity contribution in [3.05, 3.63) is 64.3 Å². The molecule has 0 saturated carbocycles. The summed E-state index contributed by atoms with van der Waals surface area (Å²) in [5.41, 5.74) is 0.129. The Hall–Kier alpha value is -3.50. The van der Waals surface area contributed by atoms with Crippen molar-refractivity contribution in [2.75, 3.05) is 18.4 Å². The number of anilines is 1. The number of halogens is 3. The number of amides is 2. The van der Waals surface area contributed by atoms with Gasteiger partial charge in [-0.2, -0.15) is 18.3 Å². The van der Waals surface area contributed by atoms with Crippen LogP contribution in [0, 0.1) is 6.92 Å². The van der Waals surface area contributed by atoms with Gasteiger partial charge in [-0.25, -0.2) is 9.48 Å². The molecule has 2 amide bonds. The van der Waals surface area contributed by atoms with Gasteiger partial charge in [0, 0.05) is 26.3 Å². The lowest BCUT2D eigenvalue weighted by molar-refractivity contribution is -0.145. The Bertz CT molecular complexity index is 1180. The zero-order chi connectivity index (χ0) is 23.0. The highest BCUT2D eigenvalue weighted by molar-refractivity contribution is 5.90. The molecule has 1 unspecified atom stereocenters. The van der Waals surface area contributed by atoms with Gasteiger partial charge < -0.3 is 10.2 Å². The number of carbonyl (C=O) groups excluding carboxylic acids is 1. The molecule has 32 heavy (non-hydrogen) atoms. The Morgan fingerprint density at radius 3 is 2.59 bits per heavy atom. The van der Waals surface area contributed by atoms with Crippen LogP contribution in [0.25, 0.3) is 5.69 Å². The van der Waals surface area contributed by atoms with Gasteiger partial charge in [-0.3, -0.25) is 14.2 Å². The number of hydrogen-bond donors (Lipinski definition) is 1. The average molecular weight is 448 g/mol. The first-order chi connectivity index (χ1) is 15.2. The van der Waals surface area contributed by atoms with E-state index in [1.807, 2.05) is 6.07 Å². The summed E-state index contributed by atoms with van der Waals surface area (Å²) in [6, 6.07) is 8.82. The maximum atomic E-state index is 13.3. The number of nitrogens with one attached hydrogen (secondary N) is 1. The van der Waals surface area contributed by atoms with Crippen LogP contribution in [-0.2, 0) is 13.2 Å². The Morgan fingerprint density at radius 1 is 1.19 bits per heavy atom. The summed E-state index contributed by atoms with van der Waals surface area (Å²) in [6.07, 6.45) is -2.41. The van der Waals surface area contributed by atoms with Crippen molar-refractivity contribution in [2.45, 2.75) is 32.0 Å². The van der Waals surface area contributed by atoms with Crippen LogP contribution in [0.1, 0.15) is 30.3 Å². The highest BCUT2D eigenvalue weighted by Gasteiger charge is 2.38. The van der Waals surface area contributed by atoms with Crippen LogP contribution in [-0.4, -0.2) is 43.2 Å². The normalized spacial score (nSPS) is 16.9. The van der Waals surface area contributed by atoms with Gasteiger partial charge in [-0.1, -0.05) is 18.2 Å². The van der Waals surface area contributed by atoms with Crippen LogP contribution in [0.15, 0.2) is 47.4 Å². The molecule has 170 valence electrons. The number of para-hydroxylation sites is 1. The van der Waals surface area contributed by atoms with Gasteiger partial charge in [0.2, 0.25) is 0 Å². The molecule has 2 aromatic heterocycles. The average Bonchev–Trinajstić information content (AvgIpc) is 3.35. The van der Waals surface area contributed by atoms with E-state index in [0.717, 1.165) is 16.9 Å². The topological polar surface area (TPSA) is 77.1 Å². The number of urea groups is 1. The minimum absolute atomic E-state index is 0.0648. The summed E-state index contributed by atoms with van der Waals surface area (Å²) in [5.74, 6) is 0. The van der Waals surface area contributed by atoms with Crippen molar-refractivity contribution in [3.63, 3.8) is 0 Å². The Kier molecular flexibility index (Phi) is 5.57. The summed E-state index contributed by atoms with van der Waals surface area (Å²) in [6.45, 7) is 2.16. The second-order valence-corrected chi connectivity index (χ2v) is 7.77. The summed E-state index contributed by atoms with van der Waals surface area (Å²) in [4.78, 5) is 27.4. The fraction of sp³-hybridized carbons (Fsp3) is 0.381. The van der Waals surface area contributed by atoms with E-state index in [-0.39, 0.29) is 17.8 Å². The van der Waals surface area contributed by atoms with Crippen LogP contribution >= 0.6 is 0 Å². The first-order valence-electron chi connectivity index (χ1n) is 10.2. The summed E-state index contributed by atoms with van der Waals surface area (Å²) < 4.78 is 43.8. The zero-order valence-electron chi connectivity index (χ0n) is 17.6. The number of piperidine rings is 1. The van der Waals surface area contributed by atoms with Gasteiger partial charge in [0.15, 0.2) is 0 Å². The SMILES string of the molecule is Cc1c(NC(=O)N2CCCC(n3nccc3C(F)(F)F)C2)c(=O)n(-c2ccccc2)n1C. The molecule has 3 heterocycles. The molecule has 0 spiro atoms. The van der Waals surface area contributed by atoms with Crippen molar-refractivity contribution in [1.29, 1.82) is 0 Å². The molecular formula is C21H23F3N6O2. The van der Waals surface area contributed by atoms with E-state index in [9.17, 15) is 22.8 Å². The van der Waals surface area contributed by atoms with Crippen molar-refractivity contribution < 1.29 is 18.0 Å². The van der Waals surface area contributed by atoms with E-state index in [1.165, 1.54) is 9.58 Å². The Balaban J connectivity index is 1.55. The van der Waals surface area contributed by atoms with Crippen LogP contribution in [0.5, 0.6) is 0 Å². The monoisotopic (exact) mass is 448 g/mol. The van der Waals surface area contributed by atoms with Crippen LogP contribution < -0.4 is 10.9 Å². The maximum absolute atomic E-state index is 13.3. The third-order valence-electron chi connectivity index (χ3n) is 5.78. The van der Waals surface area contributed by atoms with Crippen LogP contribution in [0.2, 0.25) is 0 Å². The highest BCUT2D eigenvalue weighted by Crippen LogP contribution is 2.33. The number of nitrogens with zero attached hydrogens (tertiary/aromatic N) is 5. The van der Waals surface area contributed by atoms with Crippen molar-refractivity contribution in [2.24, 2.45) is 7.05 Å². The third-order valence-corrected chi connectivity index (χ3v) is 5.78. The van der Waals surface area contributed by atoms with Gasteiger partial charge in [0.05, 0.1) is 17.4 Å². The number of rotatable bonds is 3. The molecule has 8 nitrogen and oxygen atoms in total.